The van der Waals surface area contributed by atoms with Gasteiger partial charge in [-0.3, -0.25) is 25.0 Å². The third-order valence-corrected chi connectivity index (χ3v) is 5.54. The van der Waals surface area contributed by atoms with Crippen LogP contribution in [-0.4, -0.2) is 32.2 Å². The van der Waals surface area contributed by atoms with Crippen LogP contribution in [0.5, 0.6) is 0 Å². The highest BCUT2D eigenvalue weighted by atomic mass is 35.5. The Morgan fingerprint density at radius 3 is 2.14 bits per heavy atom. The van der Waals surface area contributed by atoms with Crippen LogP contribution in [0.3, 0.4) is 0 Å². The van der Waals surface area contributed by atoms with Crippen LogP contribution in [-0.2, 0) is 25.2 Å². The van der Waals surface area contributed by atoms with Crippen molar-refractivity contribution in [1.82, 2.24) is 16.0 Å². The summed E-state index contributed by atoms with van der Waals surface area (Å²) in [6.45, 7) is 0. The number of hydrogen-bond acceptors (Lipinski definition) is 6. The Bertz CT molecular complexity index is 1130. The molecule has 0 atom stereocenters. The Labute approximate surface area is 169 Å². The maximum absolute atomic E-state index is 12.8. The molecule has 0 radical (unpaired) electrons. The van der Waals surface area contributed by atoms with Gasteiger partial charge in [0.1, 0.15) is 4.90 Å². The van der Waals surface area contributed by atoms with Crippen molar-refractivity contribution in [3.8, 4) is 0 Å². The van der Waals surface area contributed by atoms with Gasteiger partial charge >= 0.3 is 6.03 Å². The van der Waals surface area contributed by atoms with Crippen molar-refractivity contribution in [2.45, 2.75) is 10.4 Å². The number of amides is 5. The molecule has 10 nitrogen and oxygen atoms in total. The number of primary sulfonamides is 1. The summed E-state index contributed by atoms with van der Waals surface area (Å²) in [5, 5.41) is 11.0. The predicted molar refractivity (Wildman–Crippen MR) is 100 cm³/mol. The second kappa shape index (κ2) is 7.28. The first-order chi connectivity index (χ1) is 13.6. The zero-order valence-electron chi connectivity index (χ0n) is 14.4. The van der Waals surface area contributed by atoms with Gasteiger partial charge in [0.25, 0.3) is 17.7 Å². The van der Waals surface area contributed by atoms with E-state index in [9.17, 15) is 27.6 Å². The molecule has 5 amide bonds. The van der Waals surface area contributed by atoms with Gasteiger partial charge in [0.2, 0.25) is 15.6 Å². The molecule has 0 bridgehead atoms. The molecule has 0 saturated carbocycles. The quantitative estimate of drug-likeness (QED) is 0.491. The van der Waals surface area contributed by atoms with E-state index in [1.165, 1.54) is 30.3 Å². The zero-order valence-corrected chi connectivity index (χ0v) is 16.0. The van der Waals surface area contributed by atoms with E-state index in [2.05, 4.69) is 5.32 Å². The van der Waals surface area contributed by atoms with E-state index in [-0.39, 0.29) is 16.1 Å². The lowest BCUT2D eigenvalue weighted by molar-refractivity contribution is -0.139. The number of carbonyl (C=O) groups is 4. The minimum absolute atomic E-state index is 0.0801. The van der Waals surface area contributed by atoms with Crippen LogP contribution in [0.4, 0.5) is 4.79 Å². The Balaban J connectivity index is 2.09. The topological polar surface area (TPSA) is 165 Å². The summed E-state index contributed by atoms with van der Waals surface area (Å²) in [6.07, 6.45) is 0. The zero-order chi connectivity index (χ0) is 21.4. The summed E-state index contributed by atoms with van der Waals surface area (Å²) in [5.41, 5.74) is -2.42. The first kappa shape index (κ1) is 20.5. The van der Waals surface area contributed by atoms with Crippen molar-refractivity contribution in [2.75, 3.05) is 0 Å². The van der Waals surface area contributed by atoms with Crippen LogP contribution < -0.4 is 21.1 Å². The van der Waals surface area contributed by atoms with Gasteiger partial charge in [-0.15, -0.1) is 0 Å². The molecule has 2 aromatic carbocycles. The van der Waals surface area contributed by atoms with Crippen molar-refractivity contribution in [2.24, 2.45) is 5.14 Å². The third kappa shape index (κ3) is 3.70. The third-order valence-electron chi connectivity index (χ3n) is 4.14. The van der Waals surface area contributed by atoms with E-state index in [1.807, 2.05) is 10.6 Å². The molecule has 0 aliphatic carbocycles. The number of hydrogen-bond donors (Lipinski definition) is 4. The van der Waals surface area contributed by atoms with E-state index in [1.54, 1.807) is 6.07 Å². The van der Waals surface area contributed by atoms with Crippen molar-refractivity contribution in [1.29, 1.82) is 0 Å². The fourth-order valence-corrected chi connectivity index (χ4v) is 3.84. The SMILES string of the molecule is NS(=O)(=O)c1cc(C(=O)NC2(c3ccccc3)C(=O)NC(=O)NC2=O)ccc1Cl. The first-order valence-corrected chi connectivity index (χ1v) is 9.85. The van der Waals surface area contributed by atoms with Gasteiger partial charge in [0, 0.05) is 5.56 Å². The van der Waals surface area contributed by atoms with E-state index in [0.717, 1.165) is 12.1 Å². The standard InChI is InChI=1S/C17H13ClN4O6S/c18-11-7-6-9(8-12(11)29(19,27)28)13(23)22-17(10-4-2-1-3-5-10)14(24)20-16(26)21-15(17)25/h1-8H,(H,22,23)(H2,19,27,28)(H2,20,21,24,25,26). The second-order valence-corrected chi connectivity index (χ2v) is 7.93. The average molecular weight is 437 g/mol. The minimum Gasteiger partial charge on any atom is -0.326 e. The van der Waals surface area contributed by atoms with Crippen molar-refractivity contribution in [3.63, 3.8) is 0 Å². The summed E-state index contributed by atoms with van der Waals surface area (Å²) >= 11 is 5.81. The molecule has 3 rings (SSSR count). The summed E-state index contributed by atoms with van der Waals surface area (Å²) in [7, 11) is -4.23. The second-order valence-electron chi connectivity index (χ2n) is 6.00. The fraction of sp³-hybridized carbons (Fsp3) is 0.0588. The first-order valence-electron chi connectivity index (χ1n) is 7.93. The van der Waals surface area contributed by atoms with Crippen molar-refractivity contribution < 1.29 is 27.6 Å². The molecular weight excluding hydrogens is 424 g/mol. The van der Waals surface area contributed by atoms with Gasteiger partial charge in [0.05, 0.1) is 5.02 Å². The van der Waals surface area contributed by atoms with Gasteiger partial charge in [-0.25, -0.2) is 18.4 Å². The Morgan fingerprint density at radius 2 is 1.59 bits per heavy atom. The molecule has 5 N–H and O–H groups in total. The minimum atomic E-state index is -4.23. The summed E-state index contributed by atoms with van der Waals surface area (Å²) in [4.78, 5) is 49.1. The Morgan fingerprint density at radius 1 is 1.00 bits per heavy atom. The molecule has 1 fully saturated rings. The molecule has 0 spiro atoms. The number of urea groups is 1. The molecule has 2 aromatic rings. The molecule has 0 aromatic heterocycles. The maximum Gasteiger partial charge on any atom is 0.328 e. The molecule has 1 heterocycles. The van der Waals surface area contributed by atoms with Crippen LogP contribution in [0, 0.1) is 0 Å². The van der Waals surface area contributed by atoms with Crippen molar-refractivity contribution >= 4 is 45.4 Å². The van der Waals surface area contributed by atoms with Crippen LogP contribution in [0.2, 0.25) is 5.02 Å². The number of halogens is 1. The smallest absolute Gasteiger partial charge is 0.326 e. The normalized spacial score (nSPS) is 16.0. The molecule has 1 saturated heterocycles. The number of rotatable bonds is 4. The molecule has 12 heteroatoms. The highest BCUT2D eigenvalue weighted by Gasteiger charge is 2.53. The van der Waals surface area contributed by atoms with Crippen LogP contribution in [0.1, 0.15) is 15.9 Å². The molecule has 0 unspecified atom stereocenters. The number of benzene rings is 2. The van der Waals surface area contributed by atoms with E-state index >= 15 is 0 Å². The number of nitrogens with one attached hydrogen (secondary N) is 3. The monoisotopic (exact) mass is 436 g/mol. The molecule has 29 heavy (non-hydrogen) atoms. The fourth-order valence-electron chi connectivity index (χ4n) is 2.77. The lowest BCUT2D eigenvalue weighted by Gasteiger charge is -2.34. The van der Waals surface area contributed by atoms with Crippen molar-refractivity contribution in [3.05, 3.63) is 64.7 Å². The number of barbiturate groups is 1. The molecule has 1 aliphatic heterocycles. The van der Waals surface area contributed by atoms with E-state index in [4.69, 9.17) is 16.7 Å². The summed E-state index contributed by atoms with van der Waals surface area (Å²) in [6, 6.07) is 9.70. The average Bonchev–Trinajstić information content (AvgIpc) is 2.64. The number of nitrogens with two attached hydrogens (primary N) is 1. The van der Waals surface area contributed by atoms with Gasteiger partial charge in [-0.1, -0.05) is 41.9 Å². The highest BCUT2D eigenvalue weighted by molar-refractivity contribution is 7.89. The number of imide groups is 2. The van der Waals surface area contributed by atoms with Crippen LogP contribution >= 0.6 is 11.6 Å². The Kier molecular flexibility index (Phi) is 5.13. The lowest BCUT2D eigenvalue weighted by atomic mass is 9.86. The molecular formula is C17H13ClN4O6S. The van der Waals surface area contributed by atoms with Gasteiger partial charge in [0.15, 0.2) is 0 Å². The molecule has 150 valence electrons. The summed E-state index contributed by atoms with van der Waals surface area (Å²) < 4.78 is 23.3. The summed E-state index contributed by atoms with van der Waals surface area (Å²) in [5.74, 6) is -3.13. The maximum atomic E-state index is 12.8. The Hall–Kier alpha value is -3.28. The van der Waals surface area contributed by atoms with Crippen LogP contribution in [0.25, 0.3) is 0 Å². The predicted octanol–water partition coefficient (Wildman–Crippen LogP) is -0.0213. The largest absolute Gasteiger partial charge is 0.328 e. The van der Waals surface area contributed by atoms with E-state index < -0.39 is 44.2 Å². The number of sulfonamides is 1. The highest BCUT2D eigenvalue weighted by Crippen LogP contribution is 2.26. The number of carbonyl (C=O) groups excluding carboxylic acids is 4. The molecule has 1 aliphatic rings. The van der Waals surface area contributed by atoms with Crippen LogP contribution in [0.15, 0.2) is 53.4 Å². The van der Waals surface area contributed by atoms with Gasteiger partial charge in [-0.2, -0.15) is 0 Å². The lowest BCUT2D eigenvalue weighted by Crippen LogP contribution is -2.71. The van der Waals surface area contributed by atoms with Gasteiger partial charge < -0.3 is 5.32 Å². The van der Waals surface area contributed by atoms with Gasteiger partial charge in [-0.05, 0) is 23.8 Å². The van der Waals surface area contributed by atoms with E-state index in [0.29, 0.717) is 0 Å².